The molecule has 3 nitrogen and oxygen atoms in total. The van der Waals surface area contributed by atoms with E-state index in [-0.39, 0.29) is 0 Å². The van der Waals surface area contributed by atoms with E-state index >= 15 is 0 Å². The first-order chi connectivity index (χ1) is 20.9. The number of nitrogens with zero attached hydrogens (tertiary/aromatic N) is 3. The zero-order valence-corrected chi connectivity index (χ0v) is 22.8. The van der Waals surface area contributed by atoms with Gasteiger partial charge >= 0.3 is 0 Å². The second-order valence-electron chi connectivity index (χ2n) is 10.8. The van der Waals surface area contributed by atoms with Crippen LogP contribution < -0.4 is 0 Å². The standard InChI is InChI=1S/C39H25N3/c1-2-13-28(14-3-1)42-36-21-9-17-31(38(36)33-18-10-24-40-39(33)42)30-16-8-20-35-37(30)32-15-6-7-19-34(32)41(35)29-23-22-26-11-4-5-12-27(26)25-29/h1-25H. The molecule has 0 fully saturated rings. The highest BCUT2D eigenvalue weighted by Crippen LogP contribution is 2.43. The molecular weight excluding hydrogens is 510 g/mol. The van der Waals surface area contributed by atoms with Crippen LogP contribution in [0.5, 0.6) is 0 Å². The summed E-state index contributed by atoms with van der Waals surface area (Å²) in [5.41, 5.74) is 9.25. The smallest absolute Gasteiger partial charge is 0.145 e. The number of hydrogen-bond acceptors (Lipinski definition) is 1. The van der Waals surface area contributed by atoms with E-state index in [1.807, 2.05) is 12.3 Å². The molecule has 0 radical (unpaired) electrons. The van der Waals surface area contributed by atoms with Gasteiger partial charge in [0.05, 0.1) is 16.6 Å². The van der Waals surface area contributed by atoms with Crippen LogP contribution in [0.4, 0.5) is 0 Å². The minimum Gasteiger partial charge on any atom is -0.309 e. The van der Waals surface area contributed by atoms with Crippen LogP contribution in [-0.2, 0) is 0 Å². The lowest BCUT2D eigenvalue weighted by Gasteiger charge is -2.11. The highest BCUT2D eigenvalue weighted by Gasteiger charge is 2.20. The van der Waals surface area contributed by atoms with Gasteiger partial charge in [-0.25, -0.2) is 4.98 Å². The van der Waals surface area contributed by atoms with E-state index in [4.69, 9.17) is 4.98 Å². The van der Waals surface area contributed by atoms with Crippen molar-refractivity contribution in [2.45, 2.75) is 0 Å². The molecule has 196 valence electrons. The van der Waals surface area contributed by atoms with Crippen molar-refractivity contribution in [1.29, 1.82) is 0 Å². The Hall–Kier alpha value is -5.67. The van der Waals surface area contributed by atoms with Gasteiger partial charge in [-0.05, 0) is 76.5 Å². The number of fused-ring (bicyclic) bond motifs is 7. The maximum atomic E-state index is 4.87. The second kappa shape index (κ2) is 8.92. The van der Waals surface area contributed by atoms with Gasteiger partial charge in [-0.3, -0.25) is 4.57 Å². The van der Waals surface area contributed by atoms with Crippen LogP contribution in [0.3, 0.4) is 0 Å². The molecule has 0 unspecified atom stereocenters. The molecular formula is C39H25N3. The van der Waals surface area contributed by atoms with E-state index in [0.29, 0.717) is 0 Å². The van der Waals surface area contributed by atoms with Crippen molar-refractivity contribution < 1.29 is 0 Å². The summed E-state index contributed by atoms with van der Waals surface area (Å²) in [4.78, 5) is 4.87. The summed E-state index contributed by atoms with van der Waals surface area (Å²) in [5, 5.41) is 7.37. The summed E-state index contributed by atoms with van der Waals surface area (Å²) < 4.78 is 4.70. The number of benzene rings is 6. The first-order valence-electron chi connectivity index (χ1n) is 14.3. The van der Waals surface area contributed by atoms with E-state index in [2.05, 4.69) is 149 Å². The van der Waals surface area contributed by atoms with Crippen molar-refractivity contribution in [3.8, 4) is 22.5 Å². The molecule has 3 heterocycles. The Morgan fingerprint density at radius 3 is 1.88 bits per heavy atom. The summed E-state index contributed by atoms with van der Waals surface area (Å²) in [7, 11) is 0. The van der Waals surface area contributed by atoms with E-state index in [1.54, 1.807) is 0 Å². The normalized spacial score (nSPS) is 11.8. The number of aromatic nitrogens is 3. The van der Waals surface area contributed by atoms with Gasteiger partial charge in [0, 0.05) is 39.1 Å². The highest BCUT2D eigenvalue weighted by molar-refractivity contribution is 6.21. The Kier molecular flexibility index (Phi) is 4.90. The lowest BCUT2D eigenvalue weighted by Crippen LogP contribution is -1.94. The third-order valence-electron chi connectivity index (χ3n) is 8.54. The third-order valence-corrected chi connectivity index (χ3v) is 8.54. The molecule has 3 heteroatoms. The summed E-state index contributed by atoms with van der Waals surface area (Å²) in [6.45, 7) is 0. The zero-order valence-electron chi connectivity index (χ0n) is 22.8. The quantitative estimate of drug-likeness (QED) is 0.221. The monoisotopic (exact) mass is 535 g/mol. The van der Waals surface area contributed by atoms with Crippen LogP contribution in [0.2, 0.25) is 0 Å². The molecule has 6 aromatic carbocycles. The van der Waals surface area contributed by atoms with Crippen LogP contribution in [0.1, 0.15) is 0 Å². The predicted molar refractivity (Wildman–Crippen MR) is 176 cm³/mol. The van der Waals surface area contributed by atoms with Crippen LogP contribution in [0.15, 0.2) is 152 Å². The molecule has 0 aliphatic heterocycles. The lowest BCUT2D eigenvalue weighted by atomic mass is 9.95. The SMILES string of the molecule is c1ccc(-n2c3cccc(-c4cccc5c4c4ccccc4n5-c4ccc5ccccc5c4)c3c3cccnc32)cc1. The maximum absolute atomic E-state index is 4.87. The molecule has 0 atom stereocenters. The largest absolute Gasteiger partial charge is 0.309 e. The van der Waals surface area contributed by atoms with Crippen molar-refractivity contribution in [2.75, 3.05) is 0 Å². The average Bonchev–Trinajstić information content (AvgIpc) is 3.58. The molecule has 9 rings (SSSR count). The fraction of sp³-hybridized carbons (Fsp3) is 0. The molecule has 0 spiro atoms. The molecule has 0 N–H and O–H groups in total. The van der Waals surface area contributed by atoms with Crippen LogP contribution >= 0.6 is 0 Å². The van der Waals surface area contributed by atoms with E-state index in [1.165, 1.54) is 54.8 Å². The van der Waals surface area contributed by atoms with Crippen molar-refractivity contribution >= 4 is 54.5 Å². The third kappa shape index (κ3) is 3.25. The van der Waals surface area contributed by atoms with Crippen molar-refractivity contribution in [1.82, 2.24) is 14.1 Å². The number of hydrogen-bond donors (Lipinski definition) is 0. The van der Waals surface area contributed by atoms with Crippen LogP contribution in [0, 0.1) is 0 Å². The van der Waals surface area contributed by atoms with Crippen LogP contribution in [0.25, 0.3) is 77.0 Å². The minimum atomic E-state index is 0.969. The van der Waals surface area contributed by atoms with Gasteiger partial charge in [-0.2, -0.15) is 0 Å². The van der Waals surface area contributed by atoms with Crippen molar-refractivity contribution in [2.24, 2.45) is 0 Å². The van der Waals surface area contributed by atoms with Gasteiger partial charge < -0.3 is 4.57 Å². The van der Waals surface area contributed by atoms with E-state index < -0.39 is 0 Å². The Bertz CT molecular complexity index is 2460. The Balaban J connectivity index is 1.39. The lowest BCUT2D eigenvalue weighted by molar-refractivity contribution is 1.14. The van der Waals surface area contributed by atoms with E-state index in [0.717, 1.165) is 22.2 Å². The Labute approximate surface area is 242 Å². The molecule has 3 aromatic heterocycles. The molecule has 0 aliphatic carbocycles. The average molecular weight is 536 g/mol. The number of rotatable bonds is 3. The van der Waals surface area contributed by atoms with Gasteiger partial charge in [-0.15, -0.1) is 0 Å². The molecule has 42 heavy (non-hydrogen) atoms. The van der Waals surface area contributed by atoms with Gasteiger partial charge in [0.2, 0.25) is 0 Å². The molecule has 0 bridgehead atoms. The maximum Gasteiger partial charge on any atom is 0.145 e. The number of para-hydroxylation sites is 2. The molecule has 0 amide bonds. The van der Waals surface area contributed by atoms with Crippen molar-refractivity contribution in [3.05, 3.63) is 152 Å². The van der Waals surface area contributed by atoms with Crippen molar-refractivity contribution in [3.63, 3.8) is 0 Å². The highest BCUT2D eigenvalue weighted by atomic mass is 15.0. The summed E-state index contributed by atoms with van der Waals surface area (Å²) in [5.74, 6) is 0. The summed E-state index contributed by atoms with van der Waals surface area (Å²) in [6.07, 6.45) is 1.89. The fourth-order valence-corrected chi connectivity index (χ4v) is 6.79. The molecule has 0 saturated heterocycles. The molecule has 0 saturated carbocycles. The van der Waals surface area contributed by atoms with Gasteiger partial charge in [-0.1, -0.05) is 91.0 Å². The molecule has 0 aliphatic rings. The Morgan fingerprint density at radius 2 is 1.05 bits per heavy atom. The van der Waals surface area contributed by atoms with E-state index in [9.17, 15) is 0 Å². The first kappa shape index (κ1) is 23.1. The van der Waals surface area contributed by atoms with Gasteiger partial charge in [0.1, 0.15) is 5.65 Å². The van der Waals surface area contributed by atoms with Gasteiger partial charge in [0.15, 0.2) is 0 Å². The fourth-order valence-electron chi connectivity index (χ4n) is 6.79. The van der Waals surface area contributed by atoms with Gasteiger partial charge in [0.25, 0.3) is 0 Å². The first-order valence-corrected chi connectivity index (χ1v) is 14.3. The number of pyridine rings is 1. The van der Waals surface area contributed by atoms with Crippen LogP contribution in [-0.4, -0.2) is 14.1 Å². The summed E-state index contributed by atoms with van der Waals surface area (Å²) >= 11 is 0. The minimum absolute atomic E-state index is 0.969. The summed E-state index contributed by atoms with van der Waals surface area (Å²) in [6, 6.07) is 52.3. The predicted octanol–water partition coefficient (Wildman–Crippen LogP) is 10.1. The topological polar surface area (TPSA) is 22.8 Å². The Morgan fingerprint density at radius 1 is 0.405 bits per heavy atom. The molecule has 9 aromatic rings. The zero-order chi connectivity index (χ0) is 27.6. The second-order valence-corrected chi connectivity index (χ2v) is 10.8.